The summed E-state index contributed by atoms with van der Waals surface area (Å²) in [6.07, 6.45) is 0.753. The molecule has 0 saturated heterocycles. The minimum atomic E-state index is -0.150. The number of rotatable bonds is 5. The number of amides is 1. The molecule has 0 aliphatic heterocycles. The molecule has 0 fully saturated rings. The van der Waals surface area contributed by atoms with Crippen LogP contribution in [0.15, 0.2) is 102 Å². The van der Waals surface area contributed by atoms with E-state index in [1.807, 2.05) is 95.6 Å². The number of nitrogens with one attached hydrogen (secondary N) is 1. The van der Waals surface area contributed by atoms with Crippen LogP contribution >= 0.6 is 11.3 Å². The van der Waals surface area contributed by atoms with Crippen LogP contribution in [0.4, 0.5) is 5.69 Å². The Kier molecular flexibility index (Phi) is 5.35. The van der Waals surface area contributed by atoms with Crippen molar-refractivity contribution in [2.45, 2.75) is 13.0 Å². The molecule has 0 aliphatic carbocycles. The fraction of sp³-hybridized carbons (Fsp3) is 0.0690. The first-order chi connectivity index (χ1) is 17.2. The number of thiazole rings is 1. The minimum Gasteiger partial charge on any atom is -0.331 e. The number of para-hydroxylation sites is 3. The molecule has 35 heavy (non-hydrogen) atoms. The Morgan fingerprint density at radius 3 is 2.11 bits per heavy atom. The Bertz CT molecular complexity index is 1670. The number of benzene rings is 4. The van der Waals surface area contributed by atoms with Gasteiger partial charge in [-0.2, -0.15) is 0 Å². The number of carbonyl (C=O) groups excluding carboxylic acids is 1. The smallest absolute Gasteiger partial charge is 0.244 e. The maximum Gasteiger partial charge on any atom is 0.244 e. The van der Waals surface area contributed by atoms with E-state index < -0.39 is 0 Å². The molecule has 5 nitrogen and oxygen atoms in total. The van der Waals surface area contributed by atoms with Gasteiger partial charge in [-0.1, -0.05) is 48.5 Å². The fourth-order valence-electron chi connectivity index (χ4n) is 4.47. The van der Waals surface area contributed by atoms with E-state index in [9.17, 15) is 9.59 Å². The Hall–Kier alpha value is -4.29. The summed E-state index contributed by atoms with van der Waals surface area (Å²) in [5.74, 6) is -0.150. The summed E-state index contributed by atoms with van der Waals surface area (Å²) in [6.45, 7) is 0.106. The lowest BCUT2D eigenvalue weighted by atomic mass is 10.1. The van der Waals surface area contributed by atoms with Crippen molar-refractivity contribution in [1.29, 1.82) is 0 Å². The Labute approximate surface area is 205 Å². The van der Waals surface area contributed by atoms with Crippen molar-refractivity contribution < 1.29 is 4.79 Å². The second-order valence-corrected chi connectivity index (χ2v) is 9.56. The first-order valence-electron chi connectivity index (χ1n) is 11.4. The van der Waals surface area contributed by atoms with Crippen molar-refractivity contribution in [3.63, 3.8) is 0 Å². The van der Waals surface area contributed by atoms with Crippen LogP contribution in [-0.2, 0) is 17.8 Å². The average Bonchev–Trinajstić information content (AvgIpc) is 3.30. The van der Waals surface area contributed by atoms with E-state index in [2.05, 4.69) is 11.4 Å². The summed E-state index contributed by atoms with van der Waals surface area (Å²) < 4.78 is 3.09. The molecule has 2 heterocycles. The molecule has 6 heteroatoms. The second kappa shape index (κ2) is 8.81. The van der Waals surface area contributed by atoms with Crippen LogP contribution in [0.5, 0.6) is 0 Å². The lowest BCUT2D eigenvalue weighted by molar-refractivity contribution is -0.116. The van der Waals surface area contributed by atoms with Crippen LogP contribution in [0.25, 0.3) is 32.0 Å². The van der Waals surface area contributed by atoms with E-state index in [-0.39, 0.29) is 17.9 Å². The fourth-order valence-corrected chi connectivity index (χ4v) is 5.47. The monoisotopic (exact) mass is 475 g/mol. The third-order valence-electron chi connectivity index (χ3n) is 6.11. The number of fused-ring (bicyclic) bond motifs is 3. The lowest BCUT2D eigenvalue weighted by Gasteiger charge is -2.15. The van der Waals surface area contributed by atoms with Gasteiger partial charge in [-0.05, 0) is 54.1 Å². The molecule has 0 saturated carbocycles. The molecule has 1 N–H and O–H groups in total. The Morgan fingerprint density at radius 1 is 0.800 bits per heavy atom. The average molecular weight is 476 g/mol. The predicted molar refractivity (Wildman–Crippen MR) is 143 cm³/mol. The zero-order valence-electron chi connectivity index (χ0n) is 18.8. The summed E-state index contributed by atoms with van der Waals surface area (Å²) in [6, 6.07) is 30.9. The summed E-state index contributed by atoms with van der Waals surface area (Å²) in [4.78, 5) is 30.6. The van der Waals surface area contributed by atoms with Gasteiger partial charge < -0.3 is 9.88 Å². The van der Waals surface area contributed by atoms with Crippen molar-refractivity contribution in [2.75, 3.05) is 5.32 Å². The van der Waals surface area contributed by atoms with Crippen molar-refractivity contribution in [1.82, 2.24) is 9.55 Å². The van der Waals surface area contributed by atoms with Gasteiger partial charge in [0, 0.05) is 22.9 Å². The van der Waals surface area contributed by atoms with Crippen LogP contribution < -0.4 is 10.7 Å². The van der Waals surface area contributed by atoms with Crippen LogP contribution in [0.3, 0.4) is 0 Å². The minimum absolute atomic E-state index is 0.0171. The van der Waals surface area contributed by atoms with Crippen molar-refractivity contribution >= 4 is 55.0 Å². The summed E-state index contributed by atoms with van der Waals surface area (Å²) in [7, 11) is 0. The molecule has 0 radical (unpaired) electrons. The third-order valence-corrected chi connectivity index (χ3v) is 7.15. The van der Waals surface area contributed by atoms with Gasteiger partial charge in [-0.15, -0.1) is 11.3 Å². The molecule has 0 unspecified atom stereocenters. The van der Waals surface area contributed by atoms with Gasteiger partial charge in [0.1, 0.15) is 6.54 Å². The largest absolute Gasteiger partial charge is 0.331 e. The zero-order chi connectivity index (χ0) is 23.8. The van der Waals surface area contributed by atoms with Gasteiger partial charge in [0.25, 0.3) is 0 Å². The van der Waals surface area contributed by atoms with Crippen LogP contribution in [0.2, 0.25) is 0 Å². The second-order valence-electron chi connectivity index (χ2n) is 8.45. The first-order valence-corrected chi connectivity index (χ1v) is 12.2. The van der Waals surface area contributed by atoms with Crippen molar-refractivity contribution in [3.05, 3.63) is 118 Å². The number of carbonyl (C=O) groups is 1. The van der Waals surface area contributed by atoms with E-state index >= 15 is 0 Å². The summed E-state index contributed by atoms with van der Waals surface area (Å²) in [5.41, 5.74) is 4.38. The van der Waals surface area contributed by atoms with Crippen LogP contribution in [0.1, 0.15) is 10.6 Å². The van der Waals surface area contributed by atoms with Crippen LogP contribution in [0, 0.1) is 0 Å². The molecule has 6 rings (SSSR count). The molecule has 170 valence electrons. The van der Waals surface area contributed by atoms with E-state index in [0.717, 1.165) is 39.2 Å². The topological polar surface area (TPSA) is 64.0 Å². The van der Waals surface area contributed by atoms with Crippen LogP contribution in [-0.4, -0.2) is 15.5 Å². The highest BCUT2D eigenvalue weighted by atomic mass is 32.1. The van der Waals surface area contributed by atoms with Gasteiger partial charge in [0.05, 0.1) is 26.3 Å². The summed E-state index contributed by atoms with van der Waals surface area (Å²) >= 11 is 1.71. The maximum atomic E-state index is 13.0. The van der Waals surface area contributed by atoms with E-state index in [1.165, 1.54) is 4.70 Å². The molecule has 0 atom stereocenters. The molecular weight excluding hydrogens is 454 g/mol. The molecule has 1 amide bonds. The Morgan fingerprint density at radius 2 is 1.43 bits per heavy atom. The molecule has 0 spiro atoms. The number of anilines is 1. The highest BCUT2D eigenvalue weighted by Crippen LogP contribution is 2.24. The lowest BCUT2D eigenvalue weighted by Crippen LogP contribution is -2.21. The number of hydrogen-bond donors (Lipinski definition) is 1. The molecule has 4 aromatic carbocycles. The quantitative estimate of drug-likeness (QED) is 0.311. The van der Waals surface area contributed by atoms with Gasteiger partial charge in [0.15, 0.2) is 5.43 Å². The van der Waals surface area contributed by atoms with Gasteiger partial charge >= 0.3 is 0 Å². The number of hydrogen-bond acceptors (Lipinski definition) is 4. The van der Waals surface area contributed by atoms with Gasteiger partial charge in [-0.25, -0.2) is 4.98 Å². The number of nitrogens with zero attached hydrogens (tertiary/aromatic N) is 2. The van der Waals surface area contributed by atoms with E-state index in [4.69, 9.17) is 4.98 Å². The first kappa shape index (κ1) is 21.3. The number of pyridine rings is 1. The molecule has 2 aromatic heterocycles. The molecule has 0 bridgehead atoms. The maximum absolute atomic E-state index is 13.0. The SMILES string of the molecule is O=C(Cn1c2ccccc2c(=O)c2ccccc21)Nc1ccc(Cc2nc3ccccc3s2)cc1. The normalized spacial score (nSPS) is 11.3. The third kappa shape index (κ3) is 4.09. The standard InChI is InChI=1S/C29H21N3O2S/c33-27(18-32-24-10-4-1-7-21(24)29(34)22-8-2-5-11-25(22)32)30-20-15-13-19(14-16-20)17-28-31-23-9-3-6-12-26(23)35-28/h1-16H,17-18H2,(H,30,33). The van der Waals surface area contributed by atoms with E-state index in [0.29, 0.717) is 10.8 Å². The highest BCUT2D eigenvalue weighted by Gasteiger charge is 2.13. The molecule has 0 aliphatic rings. The molecular formula is C29H21N3O2S. The van der Waals surface area contributed by atoms with E-state index in [1.54, 1.807) is 11.3 Å². The van der Waals surface area contributed by atoms with Gasteiger partial charge in [-0.3, -0.25) is 9.59 Å². The number of aromatic nitrogens is 2. The Balaban J connectivity index is 1.22. The van der Waals surface area contributed by atoms with Gasteiger partial charge in [0.2, 0.25) is 5.91 Å². The predicted octanol–water partition coefficient (Wildman–Crippen LogP) is 5.99. The zero-order valence-corrected chi connectivity index (χ0v) is 19.6. The highest BCUT2D eigenvalue weighted by molar-refractivity contribution is 7.18. The summed E-state index contributed by atoms with van der Waals surface area (Å²) in [5, 5.41) is 5.28. The van der Waals surface area contributed by atoms with Crippen molar-refractivity contribution in [3.8, 4) is 0 Å². The molecule has 6 aromatic rings. The van der Waals surface area contributed by atoms with Crippen molar-refractivity contribution in [2.24, 2.45) is 0 Å².